The molecule has 0 aromatic heterocycles. The molecule has 156 valence electrons. The van der Waals surface area contributed by atoms with Gasteiger partial charge in [-0.1, -0.05) is 12.1 Å². The van der Waals surface area contributed by atoms with E-state index in [2.05, 4.69) is 24.1 Å². The first-order valence-electron chi connectivity index (χ1n) is 11.1. The van der Waals surface area contributed by atoms with Gasteiger partial charge in [0.1, 0.15) is 11.5 Å². The fourth-order valence-electron chi connectivity index (χ4n) is 7.04. The van der Waals surface area contributed by atoms with Crippen molar-refractivity contribution in [1.82, 2.24) is 9.80 Å². The maximum atomic E-state index is 12.6. The predicted octanol–water partition coefficient (Wildman–Crippen LogP) is 3.86. The minimum atomic E-state index is -0.254. The summed E-state index contributed by atoms with van der Waals surface area (Å²) in [6, 6.07) is 8.19. The Kier molecular flexibility index (Phi) is 4.50. The van der Waals surface area contributed by atoms with Gasteiger partial charge in [0.2, 0.25) is 0 Å². The zero-order chi connectivity index (χ0) is 20.2. The number of amides is 1. The Morgan fingerprint density at radius 1 is 0.966 bits per heavy atom. The third kappa shape index (κ3) is 3.27. The molecule has 1 aliphatic heterocycles. The van der Waals surface area contributed by atoms with E-state index in [-0.39, 0.29) is 16.9 Å². The van der Waals surface area contributed by atoms with Gasteiger partial charge in [-0.15, -0.1) is 0 Å². The van der Waals surface area contributed by atoms with Crippen molar-refractivity contribution in [2.45, 2.75) is 50.9 Å². The van der Waals surface area contributed by atoms with Gasteiger partial charge in [-0.2, -0.15) is 0 Å². The molecule has 2 atom stereocenters. The van der Waals surface area contributed by atoms with Crippen molar-refractivity contribution >= 4 is 11.9 Å². The molecule has 4 bridgehead atoms. The SMILES string of the molecule is CC(=O)C12CC3CC(C1)CC(c1ccc(OC(=O)N4CCN(C)CC4)cc1)(C3)C2. The number of benzene rings is 1. The highest BCUT2D eigenvalue weighted by Crippen LogP contribution is 2.66. The number of ether oxygens (including phenoxy) is 1. The monoisotopic (exact) mass is 396 g/mol. The van der Waals surface area contributed by atoms with E-state index >= 15 is 0 Å². The number of rotatable bonds is 3. The van der Waals surface area contributed by atoms with Crippen molar-refractivity contribution in [2.24, 2.45) is 17.3 Å². The van der Waals surface area contributed by atoms with Gasteiger partial charge in [0.15, 0.2) is 0 Å². The number of ketones is 1. The number of carbonyl (C=O) groups excluding carboxylic acids is 2. The molecule has 4 aliphatic carbocycles. The molecule has 0 N–H and O–H groups in total. The van der Waals surface area contributed by atoms with Gasteiger partial charge in [-0.3, -0.25) is 4.79 Å². The van der Waals surface area contributed by atoms with Crippen LogP contribution in [0.3, 0.4) is 0 Å². The molecule has 6 rings (SSSR count). The molecule has 1 aromatic carbocycles. The number of nitrogens with zero attached hydrogens (tertiary/aromatic N) is 2. The van der Waals surface area contributed by atoms with Crippen LogP contribution < -0.4 is 4.74 Å². The molecule has 5 fully saturated rings. The molecule has 0 radical (unpaired) electrons. The summed E-state index contributed by atoms with van der Waals surface area (Å²) in [5.74, 6) is 2.39. The minimum Gasteiger partial charge on any atom is -0.410 e. The summed E-state index contributed by atoms with van der Waals surface area (Å²) in [6.07, 6.45) is 6.66. The maximum Gasteiger partial charge on any atom is 0.415 e. The van der Waals surface area contributed by atoms with Crippen LogP contribution in [0.1, 0.15) is 51.0 Å². The first kappa shape index (κ1) is 19.1. The molecule has 2 unspecified atom stereocenters. The van der Waals surface area contributed by atoms with Crippen molar-refractivity contribution in [2.75, 3.05) is 33.2 Å². The minimum absolute atomic E-state index is 0.0867. The fraction of sp³-hybridized carbons (Fsp3) is 0.667. The smallest absolute Gasteiger partial charge is 0.410 e. The Morgan fingerprint density at radius 2 is 1.59 bits per heavy atom. The van der Waals surface area contributed by atoms with Crippen LogP contribution in [0.2, 0.25) is 0 Å². The summed E-state index contributed by atoms with van der Waals surface area (Å²) in [5, 5.41) is 0. The van der Waals surface area contributed by atoms with E-state index in [0.29, 0.717) is 36.5 Å². The third-order valence-electron chi connectivity index (χ3n) is 8.24. The van der Waals surface area contributed by atoms with E-state index in [1.807, 2.05) is 19.1 Å². The lowest BCUT2D eigenvalue weighted by Gasteiger charge is -2.61. The van der Waals surface area contributed by atoms with E-state index in [9.17, 15) is 9.59 Å². The summed E-state index contributed by atoms with van der Waals surface area (Å²) < 4.78 is 5.64. The normalized spacial score (nSPS) is 36.3. The van der Waals surface area contributed by atoms with Crippen LogP contribution in [0.15, 0.2) is 24.3 Å². The van der Waals surface area contributed by atoms with E-state index in [0.717, 1.165) is 32.4 Å². The summed E-state index contributed by atoms with van der Waals surface area (Å²) in [7, 11) is 2.07. The van der Waals surface area contributed by atoms with Crippen molar-refractivity contribution < 1.29 is 14.3 Å². The third-order valence-corrected chi connectivity index (χ3v) is 8.24. The number of hydrogen-bond acceptors (Lipinski definition) is 4. The van der Waals surface area contributed by atoms with E-state index in [1.165, 1.54) is 24.8 Å². The van der Waals surface area contributed by atoms with Gasteiger partial charge in [0.05, 0.1) is 0 Å². The van der Waals surface area contributed by atoms with Gasteiger partial charge in [0.25, 0.3) is 0 Å². The van der Waals surface area contributed by atoms with Crippen molar-refractivity contribution in [1.29, 1.82) is 0 Å². The Bertz CT molecular complexity index is 796. The topological polar surface area (TPSA) is 49.9 Å². The molecule has 1 heterocycles. The molecule has 1 saturated heterocycles. The Balaban J connectivity index is 1.32. The van der Waals surface area contributed by atoms with Crippen molar-refractivity contribution in [3.05, 3.63) is 29.8 Å². The van der Waals surface area contributed by atoms with Crippen LogP contribution in [0.4, 0.5) is 4.79 Å². The fourth-order valence-corrected chi connectivity index (χ4v) is 7.04. The van der Waals surface area contributed by atoms with Crippen LogP contribution in [-0.4, -0.2) is 54.9 Å². The number of likely N-dealkylation sites (N-methyl/N-ethyl adjacent to an activating group) is 1. The lowest BCUT2D eigenvalue weighted by molar-refractivity contribution is -0.144. The predicted molar refractivity (Wildman–Crippen MR) is 111 cm³/mol. The number of carbonyl (C=O) groups is 2. The highest BCUT2D eigenvalue weighted by atomic mass is 16.6. The standard InChI is InChI=1S/C24H32N2O3/c1-17(27)23-12-18-11-19(13-23)15-24(14-18,16-23)20-3-5-21(6-4-20)29-22(28)26-9-7-25(2)8-10-26/h3-6,18-19H,7-16H2,1-2H3. The first-order valence-corrected chi connectivity index (χ1v) is 11.1. The molecular formula is C24H32N2O3. The maximum absolute atomic E-state index is 12.6. The molecule has 1 amide bonds. The second-order valence-corrected chi connectivity index (χ2v) is 10.3. The second-order valence-electron chi connectivity index (χ2n) is 10.3. The highest BCUT2D eigenvalue weighted by molar-refractivity contribution is 5.83. The molecule has 5 aliphatic rings. The average Bonchev–Trinajstić information content (AvgIpc) is 2.68. The van der Waals surface area contributed by atoms with Crippen molar-refractivity contribution in [3.8, 4) is 5.75 Å². The second kappa shape index (κ2) is 6.83. The molecule has 1 aromatic rings. The molecule has 29 heavy (non-hydrogen) atoms. The van der Waals surface area contributed by atoms with Gasteiger partial charge in [-0.25, -0.2) is 4.79 Å². The largest absolute Gasteiger partial charge is 0.415 e. The van der Waals surface area contributed by atoms with E-state index < -0.39 is 0 Å². The number of Topliss-reactive ketones (excluding diaryl/α,β-unsaturated/α-hetero) is 1. The Hall–Kier alpha value is -1.88. The zero-order valence-corrected chi connectivity index (χ0v) is 17.7. The van der Waals surface area contributed by atoms with Gasteiger partial charge < -0.3 is 14.5 Å². The van der Waals surface area contributed by atoms with Crippen LogP contribution in [0, 0.1) is 17.3 Å². The lowest BCUT2D eigenvalue weighted by Crippen LogP contribution is -2.56. The summed E-state index contributed by atoms with van der Waals surface area (Å²) >= 11 is 0. The Morgan fingerprint density at radius 3 is 2.17 bits per heavy atom. The van der Waals surface area contributed by atoms with E-state index in [1.54, 1.807) is 4.90 Å². The molecule has 4 saturated carbocycles. The summed E-state index contributed by atoms with van der Waals surface area (Å²) in [5.41, 5.74) is 1.38. The number of piperazine rings is 1. The average molecular weight is 397 g/mol. The summed E-state index contributed by atoms with van der Waals surface area (Å²) in [4.78, 5) is 29.0. The Labute approximate surface area is 173 Å². The van der Waals surface area contributed by atoms with Crippen LogP contribution >= 0.6 is 0 Å². The molecule has 5 heteroatoms. The van der Waals surface area contributed by atoms with Gasteiger partial charge >= 0.3 is 6.09 Å². The molecule has 0 spiro atoms. The zero-order valence-electron chi connectivity index (χ0n) is 17.7. The molecule has 5 nitrogen and oxygen atoms in total. The quantitative estimate of drug-likeness (QED) is 0.778. The van der Waals surface area contributed by atoms with Gasteiger partial charge in [-0.05, 0) is 87.4 Å². The number of hydrogen-bond donors (Lipinski definition) is 0. The lowest BCUT2D eigenvalue weighted by atomic mass is 9.42. The summed E-state index contributed by atoms with van der Waals surface area (Å²) in [6.45, 7) is 5.01. The van der Waals surface area contributed by atoms with Gasteiger partial charge in [0, 0.05) is 31.6 Å². The van der Waals surface area contributed by atoms with Crippen molar-refractivity contribution in [3.63, 3.8) is 0 Å². The van der Waals surface area contributed by atoms with E-state index in [4.69, 9.17) is 4.74 Å². The van der Waals surface area contributed by atoms with Crippen LogP contribution in [0.5, 0.6) is 5.75 Å². The van der Waals surface area contributed by atoms with Crippen LogP contribution in [-0.2, 0) is 10.2 Å². The highest BCUT2D eigenvalue weighted by Gasteiger charge is 2.59. The first-order chi connectivity index (χ1) is 13.9. The van der Waals surface area contributed by atoms with Crippen LogP contribution in [0.25, 0.3) is 0 Å². The molecular weight excluding hydrogens is 364 g/mol.